The molecule has 0 unspecified atom stereocenters. The Balaban J connectivity index is 1.43. The molecular weight excluding hydrogens is 416 g/mol. The lowest BCUT2D eigenvalue weighted by atomic mass is 9.91. The Bertz CT molecular complexity index is 1100. The molecule has 11 nitrogen and oxygen atoms in total. The van der Waals surface area contributed by atoms with Crippen molar-refractivity contribution < 1.29 is 24.2 Å². The van der Waals surface area contributed by atoms with E-state index in [0.717, 1.165) is 4.90 Å². The quantitative estimate of drug-likeness (QED) is 0.496. The van der Waals surface area contributed by atoms with Crippen LogP contribution in [0.4, 0.5) is 4.79 Å². The molecular formula is C21H22N6O5. The molecule has 2 N–H and O–H groups in total. The first-order valence-corrected chi connectivity index (χ1v) is 9.83. The molecule has 0 radical (unpaired) electrons. The Labute approximate surface area is 183 Å². The standard InChI is InChI=1S/C21H22N6O5/c1-21(14-4-3-5-15(10-14)27-13-22-24-25-27)19(29)26(20(30)23-21)11-16(28)12-32-18-8-6-17(31-2)7-9-18/h3-10,13,16,28H,11-12H2,1-2H3,(H,23,30)/t16-,21-/m1/s1. The first kappa shape index (κ1) is 21.2. The highest BCUT2D eigenvalue weighted by molar-refractivity contribution is 6.07. The molecule has 32 heavy (non-hydrogen) atoms. The maximum absolute atomic E-state index is 13.1. The van der Waals surface area contributed by atoms with Crippen molar-refractivity contribution in [1.82, 2.24) is 30.4 Å². The van der Waals surface area contributed by atoms with Crippen LogP contribution in [0.2, 0.25) is 0 Å². The highest BCUT2D eigenvalue weighted by atomic mass is 16.5. The molecule has 11 heteroatoms. The fourth-order valence-corrected chi connectivity index (χ4v) is 3.43. The topological polar surface area (TPSA) is 132 Å². The number of tetrazole rings is 1. The Morgan fingerprint density at radius 3 is 2.59 bits per heavy atom. The van der Waals surface area contributed by atoms with E-state index in [2.05, 4.69) is 20.8 Å². The Hall–Kier alpha value is -3.99. The number of aliphatic hydroxyl groups excluding tert-OH is 1. The number of hydrogen-bond donors (Lipinski definition) is 2. The molecule has 0 spiro atoms. The van der Waals surface area contributed by atoms with Gasteiger partial charge in [0.15, 0.2) is 0 Å². The number of aromatic nitrogens is 4. The molecule has 1 fully saturated rings. The zero-order valence-corrected chi connectivity index (χ0v) is 17.5. The van der Waals surface area contributed by atoms with Crippen molar-refractivity contribution in [2.75, 3.05) is 20.3 Å². The predicted octanol–water partition coefficient (Wildman–Crippen LogP) is 0.878. The number of amides is 3. The summed E-state index contributed by atoms with van der Waals surface area (Å²) in [5, 5.41) is 24.1. The summed E-state index contributed by atoms with van der Waals surface area (Å²) in [7, 11) is 1.56. The lowest BCUT2D eigenvalue weighted by molar-refractivity contribution is -0.132. The summed E-state index contributed by atoms with van der Waals surface area (Å²) in [6.07, 6.45) is 0.365. The van der Waals surface area contributed by atoms with Crippen LogP contribution in [-0.2, 0) is 10.3 Å². The van der Waals surface area contributed by atoms with Crippen LogP contribution in [0.3, 0.4) is 0 Å². The molecule has 0 bridgehead atoms. The van der Waals surface area contributed by atoms with Crippen LogP contribution < -0.4 is 14.8 Å². The lowest BCUT2D eigenvalue weighted by Gasteiger charge is -2.23. The van der Waals surface area contributed by atoms with Crippen LogP contribution >= 0.6 is 0 Å². The number of rotatable bonds is 8. The normalized spacial score (nSPS) is 19.0. The summed E-state index contributed by atoms with van der Waals surface area (Å²) in [6.45, 7) is 1.32. The van der Waals surface area contributed by atoms with Crippen molar-refractivity contribution in [1.29, 1.82) is 0 Å². The highest BCUT2D eigenvalue weighted by Crippen LogP contribution is 2.30. The van der Waals surface area contributed by atoms with Crippen LogP contribution in [0.15, 0.2) is 54.9 Å². The third-order valence-corrected chi connectivity index (χ3v) is 5.21. The first-order chi connectivity index (χ1) is 15.4. The number of hydrogen-bond acceptors (Lipinski definition) is 8. The number of benzene rings is 2. The zero-order valence-electron chi connectivity index (χ0n) is 17.5. The molecule has 1 saturated heterocycles. The highest BCUT2D eigenvalue weighted by Gasteiger charge is 2.49. The molecule has 3 amide bonds. The second-order valence-electron chi connectivity index (χ2n) is 7.42. The molecule has 1 aliphatic rings. The number of aliphatic hydroxyl groups is 1. The maximum Gasteiger partial charge on any atom is 0.325 e. The third kappa shape index (κ3) is 4.10. The summed E-state index contributed by atoms with van der Waals surface area (Å²) in [5.74, 6) is 0.742. The van der Waals surface area contributed by atoms with Crippen molar-refractivity contribution in [2.45, 2.75) is 18.6 Å². The van der Waals surface area contributed by atoms with Gasteiger partial charge in [0.25, 0.3) is 5.91 Å². The summed E-state index contributed by atoms with van der Waals surface area (Å²) in [5.41, 5.74) is -0.0880. The van der Waals surface area contributed by atoms with Gasteiger partial charge in [-0.3, -0.25) is 9.69 Å². The van der Waals surface area contributed by atoms with Crippen LogP contribution in [0.5, 0.6) is 11.5 Å². The molecule has 1 aliphatic heterocycles. The molecule has 2 heterocycles. The minimum Gasteiger partial charge on any atom is -0.497 e. The number of carbonyl (C=O) groups is 2. The minimum absolute atomic E-state index is 0.0884. The number of nitrogens with zero attached hydrogens (tertiary/aromatic N) is 5. The number of urea groups is 1. The zero-order chi connectivity index (χ0) is 22.7. The van der Waals surface area contributed by atoms with Crippen molar-refractivity contribution in [3.63, 3.8) is 0 Å². The lowest BCUT2D eigenvalue weighted by Crippen LogP contribution is -2.42. The van der Waals surface area contributed by atoms with E-state index in [1.54, 1.807) is 62.6 Å². The number of β-amino-alcohol motifs (C(OH)–C–C–N with tert-alkyl or cyclic N) is 1. The number of methoxy groups -OCH3 is 1. The molecule has 2 aromatic carbocycles. The fourth-order valence-electron chi connectivity index (χ4n) is 3.43. The summed E-state index contributed by atoms with van der Waals surface area (Å²) < 4.78 is 12.1. The van der Waals surface area contributed by atoms with Gasteiger partial charge in [-0.05, 0) is 59.3 Å². The summed E-state index contributed by atoms with van der Waals surface area (Å²) in [6, 6.07) is 13.3. The number of nitrogens with one attached hydrogen (secondary N) is 1. The van der Waals surface area contributed by atoms with Gasteiger partial charge in [-0.1, -0.05) is 12.1 Å². The van der Waals surface area contributed by atoms with E-state index in [1.165, 1.54) is 11.0 Å². The molecule has 1 aromatic heterocycles. The van der Waals surface area contributed by atoms with Gasteiger partial charge >= 0.3 is 6.03 Å². The van der Waals surface area contributed by atoms with Crippen molar-refractivity contribution >= 4 is 11.9 Å². The van der Waals surface area contributed by atoms with E-state index in [4.69, 9.17) is 9.47 Å². The second kappa shape index (κ2) is 8.63. The van der Waals surface area contributed by atoms with Crippen LogP contribution in [-0.4, -0.2) is 68.5 Å². The molecule has 0 saturated carbocycles. The van der Waals surface area contributed by atoms with Gasteiger partial charge in [-0.25, -0.2) is 9.48 Å². The maximum atomic E-state index is 13.1. The van der Waals surface area contributed by atoms with Crippen LogP contribution in [0.1, 0.15) is 12.5 Å². The van der Waals surface area contributed by atoms with Gasteiger partial charge in [0.2, 0.25) is 0 Å². The summed E-state index contributed by atoms with van der Waals surface area (Å²) >= 11 is 0. The molecule has 3 aromatic rings. The van der Waals surface area contributed by atoms with Gasteiger partial charge in [-0.2, -0.15) is 0 Å². The van der Waals surface area contributed by atoms with Crippen molar-refractivity contribution in [2.24, 2.45) is 0 Å². The number of carbonyl (C=O) groups excluding carboxylic acids is 2. The Morgan fingerprint density at radius 2 is 1.91 bits per heavy atom. The van der Waals surface area contributed by atoms with E-state index in [1.807, 2.05) is 0 Å². The monoisotopic (exact) mass is 438 g/mol. The van der Waals surface area contributed by atoms with Gasteiger partial charge in [0.05, 0.1) is 19.3 Å². The number of imide groups is 1. The van der Waals surface area contributed by atoms with Crippen LogP contribution in [0, 0.1) is 0 Å². The third-order valence-electron chi connectivity index (χ3n) is 5.21. The average Bonchev–Trinajstić information content (AvgIpc) is 3.42. The SMILES string of the molecule is COc1ccc(OC[C@H](O)CN2C(=O)N[C@](C)(c3cccc(-n4cnnn4)c3)C2=O)cc1. The van der Waals surface area contributed by atoms with E-state index in [-0.39, 0.29) is 13.2 Å². The molecule has 4 rings (SSSR count). The van der Waals surface area contributed by atoms with Gasteiger partial charge in [-0.15, -0.1) is 5.10 Å². The van der Waals surface area contributed by atoms with Gasteiger partial charge in [0, 0.05) is 0 Å². The van der Waals surface area contributed by atoms with Crippen molar-refractivity contribution in [3.8, 4) is 17.2 Å². The minimum atomic E-state index is -1.29. The summed E-state index contributed by atoms with van der Waals surface area (Å²) in [4.78, 5) is 26.7. The largest absolute Gasteiger partial charge is 0.497 e. The molecule has 166 valence electrons. The average molecular weight is 438 g/mol. The second-order valence-corrected chi connectivity index (χ2v) is 7.42. The van der Waals surface area contributed by atoms with E-state index < -0.39 is 23.6 Å². The van der Waals surface area contributed by atoms with Gasteiger partial charge < -0.3 is 19.9 Å². The molecule has 0 aliphatic carbocycles. The number of ether oxygens (including phenoxy) is 2. The first-order valence-electron chi connectivity index (χ1n) is 9.83. The fraction of sp³-hybridized carbons (Fsp3) is 0.286. The Morgan fingerprint density at radius 1 is 1.16 bits per heavy atom. The predicted molar refractivity (Wildman–Crippen MR) is 111 cm³/mol. The van der Waals surface area contributed by atoms with E-state index >= 15 is 0 Å². The molecule has 2 atom stereocenters. The van der Waals surface area contributed by atoms with E-state index in [0.29, 0.717) is 22.7 Å². The Kier molecular flexibility index (Phi) is 5.73. The van der Waals surface area contributed by atoms with Gasteiger partial charge in [0.1, 0.15) is 36.1 Å². The smallest absolute Gasteiger partial charge is 0.325 e. The van der Waals surface area contributed by atoms with E-state index in [9.17, 15) is 14.7 Å². The van der Waals surface area contributed by atoms with Crippen LogP contribution in [0.25, 0.3) is 5.69 Å². The van der Waals surface area contributed by atoms with Crippen molar-refractivity contribution in [3.05, 3.63) is 60.4 Å².